The number of rotatable bonds is 10. The summed E-state index contributed by atoms with van der Waals surface area (Å²) in [6.07, 6.45) is 0.955. The predicted molar refractivity (Wildman–Crippen MR) is 121 cm³/mol. The van der Waals surface area contributed by atoms with Crippen molar-refractivity contribution in [2.45, 2.75) is 38.4 Å². The second-order valence-corrected chi connectivity index (χ2v) is 8.17. The fourth-order valence-corrected chi connectivity index (χ4v) is 4.24. The van der Waals surface area contributed by atoms with E-state index in [2.05, 4.69) is 20.7 Å². The van der Waals surface area contributed by atoms with E-state index in [0.29, 0.717) is 59.8 Å². The molecule has 0 saturated heterocycles. The van der Waals surface area contributed by atoms with E-state index in [1.807, 2.05) is 29.5 Å². The van der Waals surface area contributed by atoms with Gasteiger partial charge in [0.2, 0.25) is 11.7 Å². The summed E-state index contributed by atoms with van der Waals surface area (Å²) >= 11 is 1.41. The Bertz CT molecular complexity index is 1290. The molecule has 1 aromatic carbocycles. The molecule has 32 heavy (non-hydrogen) atoms. The smallest absolute Gasteiger partial charge is 0.262 e. The minimum absolute atomic E-state index is 0.101. The lowest BCUT2D eigenvalue weighted by Crippen LogP contribution is -2.24. The molecular formula is C21H24N6O4S. The predicted octanol–water partition coefficient (Wildman–Crippen LogP) is 2.89. The van der Waals surface area contributed by atoms with E-state index in [-0.39, 0.29) is 17.9 Å². The summed E-state index contributed by atoms with van der Waals surface area (Å²) in [5.41, 5.74) is 0.638. The van der Waals surface area contributed by atoms with Crippen molar-refractivity contribution >= 4 is 40.2 Å². The summed E-state index contributed by atoms with van der Waals surface area (Å²) in [4.78, 5) is 25.3. The minimum Gasteiger partial charge on any atom is -0.382 e. The SMILES string of the molecule is CCOCCCn1c(=O)c2ccccc2n2c(SCCC(=O)Nc3cc(C)on3)nnc12. The molecule has 4 rings (SSSR count). The van der Waals surface area contributed by atoms with E-state index in [1.54, 1.807) is 23.6 Å². The Labute approximate surface area is 187 Å². The van der Waals surface area contributed by atoms with E-state index in [1.165, 1.54) is 11.8 Å². The molecule has 0 aliphatic carbocycles. The van der Waals surface area contributed by atoms with Gasteiger partial charge < -0.3 is 14.6 Å². The zero-order valence-corrected chi connectivity index (χ0v) is 18.7. The highest BCUT2D eigenvalue weighted by molar-refractivity contribution is 7.99. The molecule has 0 atom stereocenters. The van der Waals surface area contributed by atoms with Crippen molar-refractivity contribution in [3.63, 3.8) is 0 Å². The fourth-order valence-electron chi connectivity index (χ4n) is 3.36. The first-order valence-electron chi connectivity index (χ1n) is 10.4. The number of carbonyl (C=O) groups is 1. The van der Waals surface area contributed by atoms with Gasteiger partial charge in [-0.15, -0.1) is 10.2 Å². The lowest BCUT2D eigenvalue weighted by atomic mass is 10.2. The Morgan fingerprint density at radius 2 is 2.12 bits per heavy atom. The van der Waals surface area contributed by atoms with E-state index in [0.717, 1.165) is 5.52 Å². The molecule has 10 nitrogen and oxygen atoms in total. The second kappa shape index (κ2) is 9.96. The quantitative estimate of drug-likeness (QED) is 0.286. The number of carbonyl (C=O) groups excluding carboxylic acids is 1. The lowest BCUT2D eigenvalue weighted by molar-refractivity contribution is -0.115. The summed E-state index contributed by atoms with van der Waals surface area (Å²) in [6, 6.07) is 9.06. The standard InChI is InChI=1S/C21H24N6O4S/c1-3-30-11-6-10-26-19(29)15-7-4-5-8-16(15)27-20(26)23-24-21(27)32-12-9-18(28)22-17-13-14(2)31-25-17/h4-5,7-8,13H,3,6,9-12H2,1-2H3,(H,22,25,28). The Morgan fingerprint density at radius 1 is 1.28 bits per heavy atom. The van der Waals surface area contributed by atoms with Crippen molar-refractivity contribution in [2.24, 2.45) is 0 Å². The van der Waals surface area contributed by atoms with E-state index in [9.17, 15) is 9.59 Å². The number of nitrogens with one attached hydrogen (secondary N) is 1. The van der Waals surface area contributed by atoms with Crippen LogP contribution in [0.25, 0.3) is 16.7 Å². The van der Waals surface area contributed by atoms with Crippen LogP contribution in [0.2, 0.25) is 0 Å². The molecule has 0 radical (unpaired) electrons. The molecule has 11 heteroatoms. The molecule has 1 amide bonds. The number of aromatic nitrogens is 5. The van der Waals surface area contributed by atoms with Gasteiger partial charge in [-0.1, -0.05) is 29.1 Å². The molecule has 0 aliphatic rings. The van der Waals surface area contributed by atoms with E-state index in [4.69, 9.17) is 9.26 Å². The molecule has 0 aliphatic heterocycles. The molecule has 0 spiro atoms. The number of anilines is 1. The van der Waals surface area contributed by atoms with Crippen molar-refractivity contribution in [3.8, 4) is 0 Å². The third kappa shape index (κ3) is 4.68. The first-order chi connectivity index (χ1) is 15.6. The van der Waals surface area contributed by atoms with Crippen LogP contribution in [0.1, 0.15) is 25.5 Å². The van der Waals surface area contributed by atoms with Gasteiger partial charge >= 0.3 is 0 Å². The average Bonchev–Trinajstić information content (AvgIpc) is 3.39. The van der Waals surface area contributed by atoms with E-state index >= 15 is 0 Å². The summed E-state index contributed by atoms with van der Waals surface area (Å²) in [6.45, 7) is 5.38. The lowest BCUT2D eigenvalue weighted by Gasteiger charge is -2.11. The number of para-hydroxylation sites is 1. The maximum absolute atomic E-state index is 13.1. The zero-order chi connectivity index (χ0) is 22.5. The number of benzene rings is 1. The number of hydrogen-bond acceptors (Lipinski definition) is 8. The first kappa shape index (κ1) is 22.0. The normalized spacial score (nSPS) is 11.4. The van der Waals surface area contributed by atoms with Crippen molar-refractivity contribution in [3.05, 3.63) is 46.4 Å². The molecule has 3 aromatic heterocycles. The van der Waals surface area contributed by atoms with Gasteiger partial charge in [0.05, 0.1) is 10.9 Å². The molecule has 3 heterocycles. The number of fused-ring (bicyclic) bond motifs is 3. The number of amides is 1. The van der Waals surface area contributed by atoms with Gasteiger partial charge in [-0.3, -0.25) is 18.6 Å². The van der Waals surface area contributed by atoms with Gasteiger partial charge in [0.15, 0.2) is 11.0 Å². The molecule has 0 saturated carbocycles. The molecule has 0 unspecified atom stereocenters. The summed E-state index contributed by atoms with van der Waals surface area (Å²) < 4.78 is 13.9. The largest absolute Gasteiger partial charge is 0.382 e. The van der Waals surface area contributed by atoms with Crippen molar-refractivity contribution < 1.29 is 14.1 Å². The maximum Gasteiger partial charge on any atom is 0.262 e. The topological polar surface area (TPSA) is 117 Å². The van der Waals surface area contributed by atoms with Crippen LogP contribution in [-0.2, 0) is 16.1 Å². The number of thioether (sulfide) groups is 1. The summed E-state index contributed by atoms with van der Waals surface area (Å²) in [5.74, 6) is 1.82. The highest BCUT2D eigenvalue weighted by Crippen LogP contribution is 2.22. The van der Waals surface area contributed by atoms with Gasteiger partial charge in [-0.2, -0.15) is 0 Å². The fraction of sp³-hybridized carbons (Fsp3) is 0.381. The van der Waals surface area contributed by atoms with Crippen LogP contribution in [-0.4, -0.2) is 49.2 Å². The Kier molecular flexibility index (Phi) is 6.86. The highest BCUT2D eigenvalue weighted by atomic mass is 32.2. The van der Waals surface area contributed by atoms with E-state index < -0.39 is 0 Å². The van der Waals surface area contributed by atoms with Crippen molar-refractivity contribution in [1.82, 2.24) is 24.3 Å². The van der Waals surface area contributed by atoms with Crippen LogP contribution >= 0.6 is 11.8 Å². The van der Waals surface area contributed by atoms with Crippen LogP contribution in [0.3, 0.4) is 0 Å². The van der Waals surface area contributed by atoms with Crippen LogP contribution in [0, 0.1) is 6.92 Å². The van der Waals surface area contributed by atoms with Crippen LogP contribution in [0.4, 0.5) is 5.82 Å². The van der Waals surface area contributed by atoms with Crippen molar-refractivity contribution in [2.75, 3.05) is 24.3 Å². The molecule has 1 N–H and O–H groups in total. The number of aryl methyl sites for hydroxylation is 2. The molecule has 0 fully saturated rings. The van der Waals surface area contributed by atoms with Gasteiger partial charge in [0, 0.05) is 38.0 Å². The molecule has 0 bridgehead atoms. The molecule has 168 valence electrons. The highest BCUT2D eigenvalue weighted by Gasteiger charge is 2.17. The summed E-state index contributed by atoms with van der Waals surface area (Å²) in [5, 5.41) is 16.3. The third-order valence-corrected chi connectivity index (χ3v) is 5.74. The average molecular weight is 457 g/mol. The van der Waals surface area contributed by atoms with Gasteiger partial charge in [-0.05, 0) is 32.4 Å². The van der Waals surface area contributed by atoms with Crippen LogP contribution < -0.4 is 10.9 Å². The Morgan fingerprint density at radius 3 is 2.91 bits per heavy atom. The Hall–Kier alpha value is -3.18. The Balaban J connectivity index is 1.55. The van der Waals surface area contributed by atoms with Gasteiger partial charge in [0.25, 0.3) is 5.56 Å². The van der Waals surface area contributed by atoms with Crippen LogP contribution in [0.5, 0.6) is 0 Å². The number of nitrogens with zero attached hydrogens (tertiary/aromatic N) is 5. The molecule has 4 aromatic rings. The first-order valence-corrected chi connectivity index (χ1v) is 11.4. The third-order valence-electron chi connectivity index (χ3n) is 4.81. The number of hydrogen-bond donors (Lipinski definition) is 1. The molecular weight excluding hydrogens is 432 g/mol. The van der Waals surface area contributed by atoms with Crippen LogP contribution in [0.15, 0.2) is 44.8 Å². The monoisotopic (exact) mass is 456 g/mol. The maximum atomic E-state index is 13.1. The van der Waals surface area contributed by atoms with Gasteiger partial charge in [0.1, 0.15) is 5.76 Å². The minimum atomic E-state index is -0.169. The zero-order valence-electron chi connectivity index (χ0n) is 17.9. The second-order valence-electron chi connectivity index (χ2n) is 7.11. The van der Waals surface area contributed by atoms with Crippen molar-refractivity contribution in [1.29, 1.82) is 0 Å². The summed E-state index contributed by atoms with van der Waals surface area (Å²) in [7, 11) is 0. The number of ether oxygens (including phenoxy) is 1. The van der Waals surface area contributed by atoms with Gasteiger partial charge in [-0.25, -0.2) is 0 Å².